The van der Waals surface area contributed by atoms with Crippen molar-refractivity contribution < 1.29 is 18.7 Å². The van der Waals surface area contributed by atoms with Crippen molar-refractivity contribution in [2.75, 3.05) is 32.0 Å². The van der Waals surface area contributed by atoms with Gasteiger partial charge in [-0.2, -0.15) is 4.98 Å². The molecule has 260 valence electrons. The molecule has 50 heavy (non-hydrogen) atoms. The van der Waals surface area contributed by atoms with Crippen LogP contribution in [0.3, 0.4) is 0 Å². The Kier molecular flexibility index (Phi) is 11.3. The molecule has 14 heteroatoms. The van der Waals surface area contributed by atoms with Gasteiger partial charge in [-0.05, 0) is 75.2 Å². The Bertz CT molecular complexity index is 2070. The summed E-state index contributed by atoms with van der Waals surface area (Å²) in [6, 6.07) is 16.9. The minimum absolute atomic E-state index is 0.120. The summed E-state index contributed by atoms with van der Waals surface area (Å²) >= 11 is 5.83. The first-order valence-corrected chi connectivity index (χ1v) is 16.8. The number of aryl methyl sites for hydroxylation is 2. The molecule has 0 radical (unpaired) electrons. The van der Waals surface area contributed by atoms with Gasteiger partial charge in [0, 0.05) is 48.5 Å². The summed E-state index contributed by atoms with van der Waals surface area (Å²) in [4.78, 5) is 33.9. The molecule has 2 N–H and O–H groups in total. The standard InChI is InChI=1S/C27H28ClFN4O.C6H5N5O.C3H6O/c1-18-6-9-25-24(14-18)30-26(32(25)2)16-33-12-10-19(11-13-33)23-4-3-5-27(31-23)34-17-20-7-8-21(28)15-22(20)29;7-6-8-1-4-5(10-6)9-2-11(4)3-12;1-2-4-3-1/h3-9,14-15,19H,10-13,16-17H2,1-2H3;1-3H,(H2,7,8,10);1-3H2. The third-order valence-electron chi connectivity index (χ3n) is 8.68. The number of halogens is 2. The van der Waals surface area contributed by atoms with Crippen molar-refractivity contribution in [1.82, 2.24) is 39.0 Å². The molecular weight excluding hydrogens is 661 g/mol. The van der Waals surface area contributed by atoms with Crippen molar-refractivity contribution in [1.29, 1.82) is 0 Å². The average Bonchev–Trinajstić information content (AvgIpc) is 3.63. The van der Waals surface area contributed by atoms with E-state index in [-0.39, 0.29) is 18.4 Å². The highest BCUT2D eigenvalue weighted by molar-refractivity contribution is 6.30. The van der Waals surface area contributed by atoms with Gasteiger partial charge in [-0.25, -0.2) is 24.3 Å². The topological polar surface area (TPSA) is 139 Å². The predicted molar refractivity (Wildman–Crippen MR) is 190 cm³/mol. The van der Waals surface area contributed by atoms with Gasteiger partial charge in [-0.15, -0.1) is 0 Å². The molecule has 12 nitrogen and oxygen atoms in total. The van der Waals surface area contributed by atoms with Crippen LogP contribution in [0.1, 0.15) is 47.8 Å². The number of likely N-dealkylation sites (tertiary alicyclic amines) is 1. The largest absolute Gasteiger partial charge is 0.473 e. The van der Waals surface area contributed by atoms with E-state index in [1.165, 1.54) is 40.7 Å². The van der Waals surface area contributed by atoms with Crippen molar-refractivity contribution in [3.63, 3.8) is 0 Å². The Balaban J connectivity index is 0.000000220. The van der Waals surface area contributed by atoms with Crippen LogP contribution in [-0.2, 0) is 29.7 Å². The maximum Gasteiger partial charge on any atom is 0.222 e. The van der Waals surface area contributed by atoms with Crippen LogP contribution in [0.2, 0.25) is 5.02 Å². The lowest BCUT2D eigenvalue weighted by atomic mass is 9.93. The van der Waals surface area contributed by atoms with Gasteiger partial charge in [0.1, 0.15) is 30.1 Å². The number of imidazole rings is 2. The lowest BCUT2D eigenvalue weighted by Crippen LogP contribution is -2.33. The van der Waals surface area contributed by atoms with E-state index in [2.05, 4.69) is 62.7 Å². The molecular formula is C36H39ClFN9O3. The number of nitrogen functional groups attached to an aromatic ring is 1. The predicted octanol–water partition coefficient (Wildman–Crippen LogP) is 5.88. The third kappa shape index (κ3) is 8.59. The number of carbonyl (C=O) groups excluding carboxylic acids is 1. The summed E-state index contributed by atoms with van der Waals surface area (Å²) < 4.78 is 28.0. The quantitative estimate of drug-likeness (QED) is 0.201. The summed E-state index contributed by atoms with van der Waals surface area (Å²) in [6.45, 7) is 7.06. The second-order valence-electron chi connectivity index (χ2n) is 12.2. The molecule has 2 aliphatic heterocycles. The van der Waals surface area contributed by atoms with Gasteiger partial charge < -0.3 is 19.8 Å². The van der Waals surface area contributed by atoms with Crippen LogP contribution < -0.4 is 10.5 Å². The number of fused-ring (bicyclic) bond motifs is 2. The lowest BCUT2D eigenvalue weighted by Gasteiger charge is -2.31. The van der Waals surface area contributed by atoms with Gasteiger partial charge in [0.15, 0.2) is 5.65 Å². The minimum Gasteiger partial charge on any atom is -0.473 e. The zero-order valence-electron chi connectivity index (χ0n) is 28.0. The second-order valence-corrected chi connectivity index (χ2v) is 12.7. The number of piperidine rings is 1. The van der Waals surface area contributed by atoms with E-state index >= 15 is 0 Å². The van der Waals surface area contributed by atoms with E-state index in [9.17, 15) is 9.18 Å². The number of hydrogen-bond donors (Lipinski definition) is 1. The van der Waals surface area contributed by atoms with Crippen molar-refractivity contribution in [3.8, 4) is 5.88 Å². The van der Waals surface area contributed by atoms with Gasteiger partial charge in [0.25, 0.3) is 0 Å². The molecule has 0 saturated carbocycles. The first-order valence-electron chi connectivity index (χ1n) is 16.4. The van der Waals surface area contributed by atoms with Crippen LogP contribution in [0, 0.1) is 12.7 Å². The molecule has 6 aromatic rings. The molecule has 2 fully saturated rings. The summed E-state index contributed by atoms with van der Waals surface area (Å²) in [5.74, 6) is 1.78. The SMILES string of the molecule is C1COC1.Cc1ccc2c(c1)nc(CN1CCC(c3cccc(OCc4ccc(Cl)cc4F)n3)CC1)n2C.Nc1ncc2c(ncn2C=O)n1. The molecule has 0 unspecified atom stereocenters. The smallest absolute Gasteiger partial charge is 0.222 e. The van der Waals surface area contributed by atoms with Gasteiger partial charge in [-0.1, -0.05) is 29.8 Å². The highest BCUT2D eigenvalue weighted by Crippen LogP contribution is 2.29. The Labute approximate surface area is 294 Å². The Hall–Kier alpha value is -4.98. The number of ether oxygens (including phenoxy) is 2. The molecule has 2 aliphatic rings. The summed E-state index contributed by atoms with van der Waals surface area (Å²) in [6.07, 6.45) is 6.80. The Morgan fingerprint density at radius 3 is 2.54 bits per heavy atom. The van der Waals surface area contributed by atoms with E-state index in [1.807, 2.05) is 12.1 Å². The van der Waals surface area contributed by atoms with Crippen molar-refractivity contribution >= 4 is 46.2 Å². The molecule has 4 aromatic heterocycles. The number of carbonyl (C=O) groups is 1. The van der Waals surface area contributed by atoms with Crippen molar-refractivity contribution in [2.24, 2.45) is 7.05 Å². The maximum absolute atomic E-state index is 14.0. The van der Waals surface area contributed by atoms with Gasteiger partial charge in [0.2, 0.25) is 18.2 Å². The average molecular weight is 700 g/mol. The number of aromatic nitrogens is 7. The molecule has 6 heterocycles. The van der Waals surface area contributed by atoms with Crippen molar-refractivity contribution in [3.05, 3.63) is 101 Å². The fourth-order valence-corrected chi connectivity index (χ4v) is 5.84. The maximum atomic E-state index is 14.0. The summed E-state index contributed by atoms with van der Waals surface area (Å²) in [5.41, 5.74) is 11.3. The monoisotopic (exact) mass is 699 g/mol. The van der Waals surface area contributed by atoms with Crippen LogP contribution in [0.25, 0.3) is 22.2 Å². The number of nitrogens with two attached hydrogens (primary N) is 1. The number of nitrogens with zero attached hydrogens (tertiary/aromatic N) is 8. The van der Waals surface area contributed by atoms with E-state index < -0.39 is 0 Å². The fourth-order valence-electron chi connectivity index (χ4n) is 5.68. The van der Waals surface area contributed by atoms with E-state index in [0.29, 0.717) is 40.0 Å². The highest BCUT2D eigenvalue weighted by atomic mass is 35.5. The number of hydrogen-bond acceptors (Lipinski definition) is 10. The van der Waals surface area contributed by atoms with Gasteiger partial charge in [0.05, 0.1) is 23.8 Å². The van der Waals surface area contributed by atoms with Gasteiger partial charge in [-0.3, -0.25) is 14.3 Å². The van der Waals surface area contributed by atoms with Crippen LogP contribution in [0.5, 0.6) is 5.88 Å². The number of benzene rings is 2. The zero-order chi connectivity index (χ0) is 35.0. The van der Waals surface area contributed by atoms with Crippen LogP contribution in [0.15, 0.2) is 67.1 Å². The molecule has 0 atom stereocenters. The summed E-state index contributed by atoms with van der Waals surface area (Å²) in [7, 11) is 2.10. The molecule has 0 bridgehead atoms. The Morgan fingerprint density at radius 2 is 1.82 bits per heavy atom. The molecule has 2 aromatic carbocycles. The molecule has 0 amide bonds. The first-order chi connectivity index (χ1) is 24.3. The van der Waals surface area contributed by atoms with Gasteiger partial charge >= 0.3 is 0 Å². The number of pyridine rings is 1. The third-order valence-corrected chi connectivity index (χ3v) is 8.91. The number of anilines is 1. The molecule has 0 spiro atoms. The lowest BCUT2D eigenvalue weighted by molar-refractivity contribution is 0.0367. The Morgan fingerprint density at radius 1 is 1.04 bits per heavy atom. The first kappa shape index (κ1) is 34.9. The molecule has 0 aliphatic carbocycles. The van der Waals surface area contributed by atoms with E-state index in [1.54, 1.807) is 12.1 Å². The zero-order valence-corrected chi connectivity index (χ0v) is 28.8. The second kappa shape index (κ2) is 16.2. The van der Waals surface area contributed by atoms with E-state index in [4.69, 9.17) is 36.8 Å². The van der Waals surface area contributed by atoms with E-state index in [0.717, 1.165) is 62.7 Å². The fraction of sp³-hybridized carbons (Fsp3) is 0.333. The minimum atomic E-state index is -0.369. The number of rotatable bonds is 7. The molecule has 8 rings (SSSR count). The highest BCUT2D eigenvalue weighted by Gasteiger charge is 2.23. The van der Waals surface area contributed by atoms with Crippen molar-refractivity contribution in [2.45, 2.75) is 45.3 Å². The normalized spacial score (nSPS) is 14.7. The molecule has 2 saturated heterocycles. The summed E-state index contributed by atoms with van der Waals surface area (Å²) in [5, 5.41) is 0.374. The van der Waals surface area contributed by atoms with Crippen LogP contribution in [-0.4, -0.2) is 71.7 Å². The van der Waals surface area contributed by atoms with Crippen LogP contribution in [0.4, 0.5) is 10.3 Å². The van der Waals surface area contributed by atoms with Crippen LogP contribution >= 0.6 is 11.6 Å².